The molecule has 6 heteroatoms. The third-order valence-corrected chi connectivity index (χ3v) is 1.39. The summed E-state index contributed by atoms with van der Waals surface area (Å²) in [5.41, 5.74) is -1.16. The first-order chi connectivity index (χ1) is 6.06. The van der Waals surface area contributed by atoms with E-state index in [4.69, 9.17) is 10.2 Å². The first-order valence-electron chi connectivity index (χ1n) is 3.30. The molecule has 0 aliphatic rings. The van der Waals surface area contributed by atoms with Crippen LogP contribution in [-0.4, -0.2) is 28.3 Å². The van der Waals surface area contributed by atoms with Crippen molar-refractivity contribution in [3.8, 4) is 11.6 Å². The summed E-state index contributed by atoms with van der Waals surface area (Å²) >= 11 is 0. The van der Waals surface area contributed by atoms with Crippen LogP contribution in [0, 0.1) is 0 Å². The average molecular weight is 185 g/mol. The molecule has 0 aromatic carbocycles. The van der Waals surface area contributed by atoms with Gasteiger partial charge >= 0.3 is 5.97 Å². The highest BCUT2D eigenvalue weighted by Crippen LogP contribution is 2.22. The van der Waals surface area contributed by atoms with Crippen molar-refractivity contribution < 1.29 is 19.7 Å². The molecule has 0 amide bonds. The Morgan fingerprint density at radius 1 is 1.54 bits per heavy atom. The molecule has 0 saturated heterocycles. The minimum Gasteiger partial charge on any atom is -0.507 e. The summed E-state index contributed by atoms with van der Waals surface area (Å²) < 4.78 is 4.26. The molecule has 6 nitrogen and oxygen atoms in total. The van der Waals surface area contributed by atoms with E-state index in [9.17, 15) is 9.59 Å². The molecule has 13 heavy (non-hydrogen) atoms. The lowest BCUT2D eigenvalue weighted by Crippen LogP contribution is -2.09. The minimum atomic E-state index is -0.925. The maximum Gasteiger partial charge on any atom is 0.347 e. The topological polar surface area (TPSA) is 99.6 Å². The van der Waals surface area contributed by atoms with Gasteiger partial charge in [0.1, 0.15) is 5.75 Å². The predicted molar refractivity (Wildman–Crippen MR) is 41.7 cm³/mol. The van der Waals surface area contributed by atoms with Gasteiger partial charge in [-0.15, -0.1) is 0 Å². The van der Waals surface area contributed by atoms with E-state index in [1.165, 1.54) is 0 Å². The van der Waals surface area contributed by atoms with Crippen molar-refractivity contribution in [2.75, 3.05) is 7.11 Å². The molecular weight excluding hydrogens is 178 g/mol. The van der Waals surface area contributed by atoms with Crippen LogP contribution in [-0.2, 0) is 4.74 Å². The van der Waals surface area contributed by atoms with Crippen molar-refractivity contribution in [1.29, 1.82) is 0 Å². The Kier molecular flexibility index (Phi) is 2.23. The maximum absolute atomic E-state index is 10.9. The van der Waals surface area contributed by atoms with Gasteiger partial charge in [-0.25, -0.2) is 4.79 Å². The van der Waals surface area contributed by atoms with Crippen molar-refractivity contribution in [1.82, 2.24) is 4.98 Å². The average Bonchev–Trinajstić information content (AvgIpc) is 2.02. The summed E-state index contributed by atoms with van der Waals surface area (Å²) in [6.07, 6.45) is 0. The molecule has 0 bridgehead atoms. The number of pyridine rings is 1. The Hall–Kier alpha value is -1.98. The van der Waals surface area contributed by atoms with Crippen LogP contribution in [0.15, 0.2) is 10.9 Å². The molecule has 70 valence electrons. The fraction of sp³-hybridized carbons (Fsp3) is 0.143. The normalized spacial score (nSPS) is 9.62. The molecule has 0 fully saturated rings. The molecule has 0 spiro atoms. The monoisotopic (exact) mass is 185 g/mol. The number of hydrogen-bond acceptors (Lipinski definition) is 5. The number of carbonyl (C=O) groups is 1. The number of methoxy groups -OCH3 is 1. The number of nitrogens with one attached hydrogen (secondary N) is 1. The second kappa shape index (κ2) is 3.18. The molecule has 1 aromatic rings. The van der Waals surface area contributed by atoms with E-state index >= 15 is 0 Å². The van der Waals surface area contributed by atoms with Gasteiger partial charge in [0.25, 0.3) is 5.56 Å². The van der Waals surface area contributed by atoms with E-state index in [1.807, 2.05) is 4.98 Å². The molecule has 3 N–H and O–H groups in total. The molecule has 0 aliphatic heterocycles. The van der Waals surface area contributed by atoms with Crippen molar-refractivity contribution in [3.05, 3.63) is 22.0 Å². The summed E-state index contributed by atoms with van der Waals surface area (Å²) in [5.74, 6) is -2.25. The Bertz CT molecular complexity index is 368. The standard InChI is InChI=1S/C7H7NO5/c1-13-7(12)5-3(9)2-4(10)8-6(5)11/h2H,1H3,(H3,8,9,10,11). The van der Waals surface area contributed by atoms with E-state index < -0.39 is 28.7 Å². The molecular formula is C7H7NO5. The number of hydrogen-bond donors (Lipinski definition) is 3. The van der Waals surface area contributed by atoms with Gasteiger partial charge in [-0.3, -0.25) is 9.78 Å². The largest absolute Gasteiger partial charge is 0.507 e. The first kappa shape index (κ1) is 9.11. The molecule has 0 atom stereocenters. The zero-order chi connectivity index (χ0) is 10.0. The van der Waals surface area contributed by atoms with Crippen molar-refractivity contribution in [2.24, 2.45) is 0 Å². The number of H-pyrrole nitrogens is 1. The van der Waals surface area contributed by atoms with E-state index in [1.54, 1.807) is 0 Å². The van der Waals surface area contributed by atoms with Gasteiger partial charge in [-0.1, -0.05) is 0 Å². The molecule has 0 saturated carbocycles. The first-order valence-corrected chi connectivity index (χ1v) is 3.30. The number of aromatic amines is 1. The number of esters is 1. The summed E-state index contributed by atoms with van der Waals surface area (Å²) in [4.78, 5) is 23.5. The third kappa shape index (κ3) is 1.61. The Labute approximate surface area is 72.4 Å². The van der Waals surface area contributed by atoms with Gasteiger partial charge in [0.15, 0.2) is 5.56 Å². The molecule has 1 rings (SSSR count). The minimum absolute atomic E-state index is 0.456. The van der Waals surface area contributed by atoms with Crippen molar-refractivity contribution >= 4 is 5.97 Å². The highest BCUT2D eigenvalue weighted by Gasteiger charge is 2.17. The highest BCUT2D eigenvalue weighted by molar-refractivity contribution is 5.94. The predicted octanol–water partition coefficient (Wildman–Crippen LogP) is -0.427. The van der Waals surface area contributed by atoms with E-state index in [0.29, 0.717) is 0 Å². The lowest BCUT2D eigenvalue weighted by atomic mass is 10.2. The summed E-state index contributed by atoms with van der Waals surface area (Å²) in [6, 6.07) is 0.770. The number of aromatic hydroxyl groups is 2. The zero-order valence-corrected chi connectivity index (χ0v) is 6.70. The van der Waals surface area contributed by atoms with Crippen LogP contribution < -0.4 is 5.56 Å². The Morgan fingerprint density at radius 2 is 2.15 bits per heavy atom. The van der Waals surface area contributed by atoms with E-state index in [2.05, 4.69) is 4.74 Å². The Morgan fingerprint density at radius 3 is 2.62 bits per heavy atom. The second-order valence-electron chi connectivity index (χ2n) is 2.23. The number of carbonyl (C=O) groups excluding carboxylic acids is 1. The molecule has 0 aliphatic carbocycles. The summed E-state index contributed by atoms with van der Waals surface area (Å²) in [6.45, 7) is 0. The van der Waals surface area contributed by atoms with Gasteiger partial charge in [0.2, 0.25) is 5.88 Å². The van der Waals surface area contributed by atoms with Gasteiger partial charge in [-0.05, 0) is 0 Å². The smallest absolute Gasteiger partial charge is 0.347 e. The van der Waals surface area contributed by atoms with Gasteiger partial charge < -0.3 is 14.9 Å². The second-order valence-corrected chi connectivity index (χ2v) is 2.23. The van der Waals surface area contributed by atoms with Crippen LogP contribution in [0.2, 0.25) is 0 Å². The van der Waals surface area contributed by atoms with E-state index in [-0.39, 0.29) is 0 Å². The van der Waals surface area contributed by atoms with Gasteiger partial charge in [0, 0.05) is 6.07 Å². The molecule has 1 heterocycles. The van der Waals surface area contributed by atoms with Crippen LogP contribution in [0.3, 0.4) is 0 Å². The fourth-order valence-corrected chi connectivity index (χ4v) is 0.836. The SMILES string of the molecule is COC(=O)c1c(O)cc(=O)[nH]c1O. The summed E-state index contributed by atoms with van der Waals surface area (Å²) in [5, 5.41) is 18.2. The third-order valence-electron chi connectivity index (χ3n) is 1.39. The number of ether oxygens (including phenoxy) is 1. The maximum atomic E-state index is 10.9. The lowest BCUT2D eigenvalue weighted by molar-refractivity contribution is 0.0593. The molecule has 0 radical (unpaired) electrons. The van der Waals surface area contributed by atoms with Crippen LogP contribution in [0.1, 0.15) is 10.4 Å². The highest BCUT2D eigenvalue weighted by atomic mass is 16.5. The fourth-order valence-electron chi connectivity index (χ4n) is 0.836. The molecule has 1 aromatic heterocycles. The van der Waals surface area contributed by atoms with Crippen molar-refractivity contribution in [3.63, 3.8) is 0 Å². The Balaban J connectivity index is 3.37. The van der Waals surface area contributed by atoms with Gasteiger partial charge in [-0.2, -0.15) is 0 Å². The van der Waals surface area contributed by atoms with Crippen LogP contribution in [0.25, 0.3) is 0 Å². The van der Waals surface area contributed by atoms with E-state index in [0.717, 1.165) is 13.2 Å². The quantitative estimate of drug-likeness (QED) is 0.515. The van der Waals surface area contributed by atoms with Crippen LogP contribution in [0.4, 0.5) is 0 Å². The number of aromatic nitrogens is 1. The van der Waals surface area contributed by atoms with Crippen LogP contribution >= 0.6 is 0 Å². The summed E-state index contributed by atoms with van der Waals surface area (Å²) in [7, 11) is 1.09. The number of rotatable bonds is 1. The lowest BCUT2D eigenvalue weighted by Gasteiger charge is -2.02. The van der Waals surface area contributed by atoms with Crippen molar-refractivity contribution in [2.45, 2.75) is 0 Å². The van der Waals surface area contributed by atoms with Crippen LogP contribution in [0.5, 0.6) is 11.6 Å². The van der Waals surface area contributed by atoms with Gasteiger partial charge in [0.05, 0.1) is 7.11 Å². The molecule has 0 unspecified atom stereocenters. The zero-order valence-electron chi connectivity index (χ0n) is 6.70.